The van der Waals surface area contributed by atoms with Gasteiger partial charge in [0, 0.05) is 19.3 Å². The zero-order valence-electron chi connectivity index (χ0n) is 35.2. The van der Waals surface area contributed by atoms with Crippen LogP contribution in [-0.2, 0) is 28.6 Å². The molecule has 0 spiro atoms. The molecule has 0 saturated heterocycles. The maximum atomic E-state index is 12.7. The van der Waals surface area contributed by atoms with Crippen molar-refractivity contribution in [2.75, 3.05) is 13.2 Å². The van der Waals surface area contributed by atoms with E-state index in [-0.39, 0.29) is 37.5 Å². The van der Waals surface area contributed by atoms with Crippen molar-refractivity contribution in [2.24, 2.45) is 0 Å². The fourth-order valence-corrected chi connectivity index (χ4v) is 5.84. The number of carbonyl (C=O) groups excluding carboxylic acids is 3. The highest BCUT2D eigenvalue weighted by molar-refractivity contribution is 5.71. The van der Waals surface area contributed by atoms with Gasteiger partial charge in [-0.05, 0) is 96.3 Å². The van der Waals surface area contributed by atoms with Gasteiger partial charge in [-0.3, -0.25) is 14.4 Å². The number of unbranched alkanes of at least 4 members (excludes halogenated alkanes) is 18. The average Bonchev–Trinajstić information content (AvgIpc) is 3.17. The first-order valence-corrected chi connectivity index (χ1v) is 22.3. The van der Waals surface area contributed by atoms with E-state index in [2.05, 4.69) is 81.5 Å². The minimum atomic E-state index is -0.801. The van der Waals surface area contributed by atoms with Crippen molar-refractivity contribution in [3.8, 4) is 0 Å². The molecule has 1 unspecified atom stereocenters. The summed E-state index contributed by atoms with van der Waals surface area (Å²) >= 11 is 0. The largest absolute Gasteiger partial charge is 0.462 e. The maximum Gasteiger partial charge on any atom is 0.306 e. The van der Waals surface area contributed by atoms with E-state index in [4.69, 9.17) is 14.2 Å². The van der Waals surface area contributed by atoms with Crippen LogP contribution in [0.15, 0.2) is 60.8 Å². The molecule has 0 radical (unpaired) electrons. The van der Waals surface area contributed by atoms with Crippen molar-refractivity contribution < 1.29 is 28.6 Å². The molecule has 6 heteroatoms. The first kappa shape index (κ1) is 51.1. The SMILES string of the molecule is CC/C=C\C/C=C\C/C=C\CCCCC(=O)OC(COC(=O)CCCCC/C=C\CCCCCCCCC)COC(=O)CCCCCC/C=C\CCCC. The van der Waals surface area contributed by atoms with Crippen LogP contribution in [0.25, 0.3) is 0 Å². The van der Waals surface area contributed by atoms with E-state index in [1.54, 1.807) is 0 Å². The highest BCUT2D eigenvalue weighted by atomic mass is 16.6. The predicted molar refractivity (Wildman–Crippen MR) is 228 cm³/mol. The van der Waals surface area contributed by atoms with Crippen molar-refractivity contribution in [2.45, 2.75) is 213 Å². The number of ether oxygens (including phenoxy) is 3. The fraction of sp³-hybridized carbons (Fsp3) is 0.729. The maximum absolute atomic E-state index is 12.7. The van der Waals surface area contributed by atoms with Gasteiger partial charge in [-0.25, -0.2) is 0 Å². The Bertz CT molecular complexity index is 1010. The molecule has 310 valence electrons. The highest BCUT2D eigenvalue weighted by Gasteiger charge is 2.19. The molecule has 0 aliphatic carbocycles. The van der Waals surface area contributed by atoms with Crippen LogP contribution in [0.2, 0.25) is 0 Å². The van der Waals surface area contributed by atoms with E-state index in [0.29, 0.717) is 19.3 Å². The molecule has 0 bridgehead atoms. The average molecular weight is 755 g/mol. The van der Waals surface area contributed by atoms with Gasteiger partial charge in [0.2, 0.25) is 0 Å². The van der Waals surface area contributed by atoms with Gasteiger partial charge in [-0.15, -0.1) is 0 Å². The molecular formula is C48H82O6. The van der Waals surface area contributed by atoms with Crippen LogP contribution in [0.4, 0.5) is 0 Å². The van der Waals surface area contributed by atoms with Gasteiger partial charge in [0.1, 0.15) is 13.2 Å². The third-order valence-corrected chi connectivity index (χ3v) is 9.23. The highest BCUT2D eigenvalue weighted by Crippen LogP contribution is 2.12. The number of hydrogen-bond acceptors (Lipinski definition) is 6. The lowest BCUT2D eigenvalue weighted by molar-refractivity contribution is -0.167. The molecule has 0 aromatic rings. The Hall–Kier alpha value is -2.89. The van der Waals surface area contributed by atoms with Crippen LogP contribution in [0, 0.1) is 0 Å². The molecule has 0 N–H and O–H groups in total. The monoisotopic (exact) mass is 755 g/mol. The van der Waals surface area contributed by atoms with E-state index < -0.39 is 6.10 Å². The van der Waals surface area contributed by atoms with Gasteiger partial charge in [0.15, 0.2) is 6.10 Å². The lowest BCUT2D eigenvalue weighted by Gasteiger charge is -2.18. The Labute approximate surface area is 332 Å². The van der Waals surface area contributed by atoms with Crippen molar-refractivity contribution in [1.29, 1.82) is 0 Å². The molecule has 0 aliphatic heterocycles. The minimum Gasteiger partial charge on any atom is -0.462 e. The second kappa shape index (κ2) is 42.8. The van der Waals surface area contributed by atoms with Crippen LogP contribution in [0.5, 0.6) is 0 Å². The standard InChI is InChI=1S/C48H82O6/c1-4-7-10-13-16-19-22-24-25-27-29-32-35-38-41-47(50)53-44-45(43-52-46(49)40-37-34-31-28-21-18-15-12-9-6-3)54-48(51)42-39-36-33-30-26-23-20-17-14-11-8-5-2/h8,11,15,17-18,20,25-27,30,45H,4-7,9-10,12-14,16,19,21-24,28-29,31-44H2,1-3H3/b11-8-,18-15-,20-17-,27-25-,30-26-. The molecule has 0 aliphatic rings. The number of allylic oxidation sites excluding steroid dienone is 10. The minimum absolute atomic E-state index is 0.101. The fourth-order valence-electron chi connectivity index (χ4n) is 5.84. The third-order valence-electron chi connectivity index (χ3n) is 9.23. The third kappa shape index (κ3) is 40.3. The van der Waals surface area contributed by atoms with E-state index in [9.17, 15) is 14.4 Å². The topological polar surface area (TPSA) is 78.9 Å². The summed E-state index contributed by atoms with van der Waals surface area (Å²) in [7, 11) is 0. The first-order chi connectivity index (χ1) is 26.5. The lowest BCUT2D eigenvalue weighted by Crippen LogP contribution is -2.30. The van der Waals surface area contributed by atoms with Crippen LogP contribution in [-0.4, -0.2) is 37.2 Å². The summed E-state index contributed by atoms with van der Waals surface area (Å²) in [5.41, 5.74) is 0. The predicted octanol–water partition coefficient (Wildman–Crippen LogP) is 14.1. The molecule has 0 rings (SSSR count). The number of rotatable bonds is 39. The lowest BCUT2D eigenvalue weighted by atomic mass is 10.1. The van der Waals surface area contributed by atoms with Crippen LogP contribution in [0.3, 0.4) is 0 Å². The molecule has 6 nitrogen and oxygen atoms in total. The van der Waals surface area contributed by atoms with Crippen molar-refractivity contribution in [1.82, 2.24) is 0 Å². The second-order valence-corrected chi connectivity index (χ2v) is 14.6. The molecule has 0 amide bonds. The Kier molecular flexibility index (Phi) is 40.6. The van der Waals surface area contributed by atoms with Gasteiger partial charge in [-0.2, -0.15) is 0 Å². The van der Waals surface area contributed by atoms with Gasteiger partial charge in [0.25, 0.3) is 0 Å². The molecule has 0 saturated carbocycles. The molecule has 0 heterocycles. The smallest absolute Gasteiger partial charge is 0.306 e. The van der Waals surface area contributed by atoms with Gasteiger partial charge < -0.3 is 14.2 Å². The number of esters is 3. The van der Waals surface area contributed by atoms with Crippen molar-refractivity contribution >= 4 is 17.9 Å². The molecule has 0 aromatic heterocycles. The number of hydrogen-bond donors (Lipinski definition) is 0. The van der Waals surface area contributed by atoms with Gasteiger partial charge >= 0.3 is 17.9 Å². The summed E-state index contributed by atoms with van der Waals surface area (Å²) < 4.78 is 16.6. The van der Waals surface area contributed by atoms with Crippen LogP contribution >= 0.6 is 0 Å². The normalized spacial score (nSPS) is 12.6. The summed E-state index contributed by atoms with van der Waals surface area (Å²) in [6, 6.07) is 0. The van der Waals surface area contributed by atoms with Crippen molar-refractivity contribution in [3.05, 3.63) is 60.8 Å². The Balaban J connectivity index is 4.46. The zero-order valence-corrected chi connectivity index (χ0v) is 35.2. The second-order valence-electron chi connectivity index (χ2n) is 14.6. The van der Waals surface area contributed by atoms with Crippen LogP contribution in [0.1, 0.15) is 207 Å². The quantitative estimate of drug-likeness (QED) is 0.0269. The molecule has 54 heavy (non-hydrogen) atoms. The summed E-state index contributed by atoms with van der Waals surface area (Å²) in [6.07, 6.45) is 50.7. The summed E-state index contributed by atoms with van der Waals surface area (Å²) in [5.74, 6) is -0.976. The summed E-state index contributed by atoms with van der Waals surface area (Å²) in [5, 5.41) is 0. The van der Waals surface area contributed by atoms with Crippen LogP contribution < -0.4 is 0 Å². The van der Waals surface area contributed by atoms with E-state index in [0.717, 1.165) is 103 Å². The van der Waals surface area contributed by atoms with Crippen molar-refractivity contribution in [3.63, 3.8) is 0 Å². The number of carbonyl (C=O) groups is 3. The van der Waals surface area contributed by atoms with E-state index >= 15 is 0 Å². The van der Waals surface area contributed by atoms with Gasteiger partial charge in [0.05, 0.1) is 0 Å². The first-order valence-electron chi connectivity index (χ1n) is 22.3. The van der Waals surface area contributed by atoms with E-state index in [1.165, 1.54) is 57.8 Å². The van der Waals surface area contributed by atoms with E-state index in [1.807, 2.05) is 0 Å². The summed E-state index contributed by atoms with van der Waals surface area (Å²) in [6.45, 7) is 6.39. The zero-order chi connectivity index (χ0) is 39.4. The molecule has 0 fully saturated rings. The Morgan fingerprint density at radius 3 is 1.26 bits per heavy atom. The Morgan fingerprint density at radius 2 is 0.741 bits per heavy atom. The molecule has 0 aromatic carbocycles. The summed E-state index contributed by atoms with van der Waals surface area (Å²) in [4.78, 5) is 37.6. The molecule has 1 atom stereocenters. The molecular weight excluding hydrogens is 673 g/mol. The Morgan fingerprint density at radius 1 is 0.389 bits per heavy atom. The van der Waals surface area contributed by atoms with Gasteiger partial charge in [-0.1, -0.05) is 152 Å².